The molecule has 1 heterocycles. The molecule has 3 atom stereocenters. The van der Waals surface area contributed by atoms with Crippen LogP contribution in [-0.4, -0.2) is 45.7 Å². The summed E-state index contributed by atoms with van der Waals surface area (Å²) in [6, 6.07) is 7.74. The smallest absolute Gasteiger partial charge is 0.326 e. The molecule has 1 saturated heterocycles. The predicted molar refractivity (Wildman–Crippen MR) is 71.7 cm³/mol. The first-order valence-electron chi connectivity index (χ1n) is 6.50. The van der Waals surface area contributed by atoms with Crippen molar-refractivity contribution >= 4 is 11.9 Å². The van der Waals surface area contributed by atoms with E-state index in [1.165, 1.54) is 4.90 Å². The van der Waals surface area contributed by atoms with Gasteiger partial charge in [-0.2, -0.15) is 0 Å². The van der Waals surface area contributed by atoms with Crippen molar-refractivity contribution in [2.45, 2.75) is 31.0 Å². The van der Waals surface area contributed by atoms with Crippen LogP contribution in [0.25, 0.3) is 0 Å². The van der Waals surface area contributed by atoms with Crippen LogP contribution in [0.2, 0.25) is 0 Å². The number of nitrogens with two attached hydrogens (primary N) is 1. The Kier molecular flexibility index (Phi) is 4.36. The number of amides is 1. The Morgan fingerprint density at radius 2 is 2.00 bits per heavy atom. The molecule has 0 saturated carbocycles. The number of hydrogen-bond donors (Lipinski definition) is 3. The summed E-state index contributed by atoms with van der Waals surface area (Å²) in [5.41, 5.74) is 6.79. The van der Waals surface area contributed by atoms with Gasteiger partial charge >= 0.3 is 5.97 Å². The zero-order valence-electron chi connectivity index (χ0n) is 11.0. The fourth-order valence-electron chi connectivity index (χ4n) is 2.45. The Labute approximate surface area is 116 Å². The van der Waals surface area contributed by atoms with Crippen molar-refractivity contribution in [2.75, 3.05) is 6.54 Å². The summed E-state index contributed by atoms with van der Waals surface area (Å²) in [4.78, 5) is 24.4. The number of carbonyl (C=O) groups excluding carboxylic acids is 1. The monoisotopic (exact) mass is 278 g/mol. The summed E-state index contributed by atoms with van der Waals surface area (Å²) >= 11 is 0. The standard InChI is InChI=1S/C14H18N2O4/c15-11(9-4-2-1-3-5-9)7-13(18)16-8-10(17)6-12(16)14(19)20/h1-5,10-12,17H,6-8,15H2,(H,19,20)/t10?,11?,12-/m0/s1. The summed E-state index contributed by atoms with van der Waals surface area (Å²) in [7, 11) is 0. The lowest BCUT2D eigenvalue weighted by atomic mass is 10.0. The molecule has 1 aromatic rings. The van der Waals surface area contributed by atoms with Gasteiger partial charge in [-0.3, -0.25) is 4.79 Å². The maximum absolute atomic E-state index is 12.2. The Balaban J connectivity index is 2.02. The van der Waals surface area contributed by atoms with Crippen LogP contribution in [0.3, 0.4) is 0 Å². The second-order valence-electron chi connectivity index (χ2n) is 5.01. The SMILES string of the molecule is NC(CC(=O)N1CC(O)C[C@H]1C(=O)O)c1ccccc1. The lowest BCUT2D eigenvalue weighted by molar-refractivity contribution is -0.148. The first-order valence-corrected chi connectivity index (χ1v) is 6.50. The lowest BCUT2D eigenvalue weighted by Gasteiger charge is -2.23. The van der Waals surface area contributed by atoms with E-state index in [0.29, 0.717) is 0 Å². The molecule has 6 heteroatoms. The summed E-state index contributed by atoms with van der Waals surface area (Å²) in [6.07, 6.45) is -0.685. The van der Waals surface area contributed by atoms with Crippen LogP contribution in [0.4, 0.5) is 0 Å². The maximum Gasteiger partial charge on any atom is 0.326 e. The highest BCUT2D eigenvalue weighted by atomic mass is 16.4. The van der Waals surface area contributed by atoms with Gasteiger partial charge in [-0.05, 0) is 5.56 Å². The van der Waals surface area contributed by atoms with E-state index in [9.17, 15) is 14.7 Å². The molecule has 108 valence electrons. The molecule has 1 aliphatic heterocycles. The molecule has 0 aliphatic carbocycles. The van der Waals surface area contributed by atoms with Crippen molar-refractivity contribution in [2.24, 2.45) is 5.73 Å². The molecular formula is C14H18N2O4. The van der Waals surface area contributed by atoms with Gasteiger partial charge in [0, 0.05) is 25.4 Å². The van der Waals surface area contributed by atoms with E-state index >= 15 is 0 Å². The normalized spacial score (nSPS) is 23.6. The highest BCUT2D eigenvalue weighted by Crippen LogP contribution is 2.22. The van der Waals surface area contributed by atoms with Gasteiger partial charge in [0.2, 0.25) is 5.91 Å². The molecule has 6 nitrogen and oxygen atoms in total. The van der Waals surface area contributed by atoms with Gasteiger partial charge in [-0.15, -0.1) is 0 Å². The van der Waals surface area contributed by atoms with Crippen LogP contribution in [0.5, 0.6) is 0 Å². The maximum atomic E-state index is 12.2. The molecule has 0 bridgehead atoms. The van der Waals surface area contributed by atoms with E-state index in [1.807, 2.05) is 30.3 Å². The molecule has 0 spiro atoms. The highest BCUT2D eigenvalue weighted by molar-refractivity contribution is 5.84. The van der Waals surface area contributed by atoms with E-state index in [4.69, 9.17) is 10.8 Å². The van der Waals surface area contributed by atoms with Gasteiger partial charge in [-0.25, -0.2) is 4.79 Å². The van der Waals surface area contributed by atoms with Gasteiger partial charge < -0.3 is 20.8 Å². The molecule has 1 aliphatic rings. The van der Waals surface area contributed by atoms with Gasteiger partial charge in [0.05, 0.1) is 6.10 Å². The largest absolute Gasteiger partial charge is 0.480 e. The molecular weight excluding hydrogens is 260 g/mol. The van der Waals surface area contributed by atoms with E-state index in [1.54, 1.807) is 0 Å². The van der Waals surface area contributed by atoms with Crippen molar-refractivity contribution < 1.29 is 19.8 Å². The number of aliphatic hydroxyl groups is 1. The summed E-state index contributed by atoms with van der Waals surface area (Å²) < 4.78 is 0. The van der Waals surface area contributed by atoms with Crippen molar-refractivity contribution in [3.63, 3.8) is 0 Å². The minimum absolute atomic E-state index is 0.0283. The third kappa shape index (κ3) is 3.15. The lowest BCUT2D eigenvalue weighted by Crippen LogP contribution is -2.41. The average molecular weight is 278 g/mol. The summed E-state index contributed by atoms with van der Waals surface area (Å²) in [5, 5.41) is 18.6. The highest BCUT2D eigenvalue weighted by Gasteiger charge is 2.39. The minimum atomic E-state index is -1.09. The Bertz CT molecular complexity index is 491. The molecule has 0 aromatic heterocycles. The third-order valence-electron chi connectivity index (χ3n) is 3.51. The topological polar surface area (TPSA) is 104 Å². The number of β-amino-alcohol motifs (C(OH)–C–C–N with tert-alkyl or cyclic N) is 1. The molecule has 4 N–H and O–H groups in total. The Morgan fingerprint density at radius 3 is 2.60 bits per heavy atom. The predicted octanol–water partition coefficient (Wildman–Crippen LogP) is 0.123. The first-order chi connectivity index (χ1) is 9.49. The van der Waals surface area contributed by atoms with Gasteiger partial charge in [0.25, 0.3) is 0 Å². The van der Waals surface area contributed by atoms with Crippen LogP contribution >= 0.6 is 0 Å². The molecule has 1 amide bonds. The number of carboxylic acid groups (broad SMARTS) is 1. The second-order valence-corrected chi connectivity index (χ2v) is 5.01. The molecule has 2 rings (SSSR count). The van der Waals surface area contributed by atoms with E-state index in [0.717, 1.165) is 5.56 Å². The van der Waals surface area contributed by atoms with Crippen molar-refractivity contribution in [1.82, 2.24) is 4.90 Å². The molecule has 1 aromatic carbocycles. The van der Waals surface area contributed by atoms with Crippen LogP contribution < -0.4 is 5.73 Å². The second kappa shape index (κ2) is 6.02. The quantitative estimate of drug-likeness (QED) is 0.726. The number of rotatable bonds is 4. The van der Waals surface area contributed by atoms with E-state index in [2.05, 4.69) is 0 Å². The number of likely N-dealkylation sites (tertiary alicyclic amines) is 1. The van der Waals surface area contributed by atoms with Crippen LogP contribution in [-0.2, 0) is 9.59 Å². The molecule has 1 fully saturated rings. The Morgan fingerprint density at radius 1 is 1.35 bits per heavy atom. The van der Waals surface area contributed by atoms with Gasteiger partial charge in [0.15, 0.2) is 0 Å². The minimum Gasteiger partial charge on any atom is -0.480 e. The average Bonchev–Trinajstić information content (AvgIpc) is 2.82. The third-order valence-corrected chi connectivity index (χ3v) is 3.51. The van der Waals surface area contributed by atoms with E-state index < -0.39 is 24.2 Å². The van der Waals surface area contributed by atoms with Gasteiger partial charge in [-0.1, -0.05) is 30.3 Å². The first kappa shape index (κ1) is 14.5. The fraction of sp³-hybridized carbons (Fsp3) is 0.429. The van der Waals surface area contributed by atoms with Crippen molar-refractivity contribution in [3.05, 3.63) is 35.9 Å². The summed E-state index contributed by atoms with van der Waals surface area (Å²) in [6.45, 7) is 0.0529. The molecule has 2 unspecified atom stereocenters. The van der Waals surface area contributed by atoms with Crippen LogP contribution in [0, 0.1) is 0 Å². The zero-order valence-corrected chi connectivity index (χ0v) is 11.0. The summed E-state index contributed by atoms with van der Waals surface area (Å²) in [5.74, 6) is -1.44. The molecule has 0 radical (unpaired) electrons. The number of aliphatic hydroxyl groups excluding tert-OH is 1. The van der Waals surface area contributed by atoms with Crippen molar-refractivity contribution in [1.29, 1.82) is 0 Å². The van der Waals surface area contributed by atoms with Gasteiger partial charge in [0.1, 0.15) is 6.04 Å². The number of nitrogens with zero attached hydrogens (tertiary/aromatic N) is 1. The number of carbonyl (C=O) groups is 2. The molecule has 20 heavy (non-hydrogen) atoms. The van der Waals surface area contributed by atoms with Crippen LogP contribution in [0.15, 0.2) is 30.3 Å². The van der Waals surface area contributed by atoms with Crippen molar-refractivity contribution in [3.8, 4) is 0 Å². The number of benzene rings is 1. The zero-order chi connectivity index (χ0) is 14.7. The number of aliphatic carboxylic acids is 1. The van der Waals surface area contributed by atoms with E-state index in [-0.39, 0.29) is 25.3 Å². The van der Waals surface area contributed by atoms with Crippen LogP contribution in [0.1, 0.15) is 24.4 Å². The Hall–Kier alpha value is -1.92. The fourth-order valence-corrected chi connectivity index (χ4v) is 2.45. The number of hydrogen-bond acceptors (Lipinski definition) is 4. The number of carboxylic acids is 1.